The number of aromatic nitrogens is 1. The minimum absolute atomic E-state index is 0.302. The fourth-order valence-electron chi connectivity index (χ4n) is 3.20. The molecule has 108 valence electrons. The average molecular weight is 279 g/mol. The van der Waals surface area contributed by atoms with Gasteiger partial charge < -0.3 is 10.1 Å². The number of aliphatic hydroxyl groups excluding tert-OH is 1. The largest absolute Gasteiger partial charge is 0.388 e. The molecule has 1 heterocycles. The molecule has 2 N–H and O–H groups in total. The van der Waals surface area contributed by atoms with E-state index >= 15 is 0 Å². The Balaban J connectivity index is 1.87. The predicted octanol–water partition coefficient (Wildman–Crippen LogP) is 4.70. The molecule has 0 amide bonds. The molecular formula is C19H21NO. The van der Waals surface area contributed by atoms with Crippen molar-refractivity contribution in [3.8, 4) is 0 Å². The number of hydrogen-bond acceptors (Lipinski definition) is 1. The Bertz CT molecular complexity index is 730. The Morgan fingerprint density at radius 3 is 2.43 bits per heavy atom. The van der Waals surface area contributed by atoms with Crippen molar-refractivity contribution < 1.29 is 5.11 Å². The number of para-hydroxylation sites is 1. The van der Waals surface area contributed by atoms with Crippen LogP contribution in [0.15, 0.2) is 54.6 Å². The smallest absolute Gasteiger partial charge is 0.0795 e. The fourth-order valence-corrected chi connectivity index (χ4v) is 3.20. The van der Waals surface area contributed by atoms with Crippen molar-refractivity contribution in [3.05, 3.63) is 71.4 Å². The van der Waals surface area contributed by atoms with Gasteiger partial charge >= 0.3 is 0 Å². The third-order valence-corrected chi connectivity index (χ3v) is 4.20. The van der Waals surface area contributed by atoms with E-state index < -0.39 is 6.10 Å². The normalized spacial score (nSPS) is 14.2. The highest BCUT2D eigenvalue weighted by molar-refractivity contribution is 5.85. The maximum Gasteiger partial charge on any atom is 0.0795 e. The van der Waals surface area contributed by atoms with E-state index in [1.807, 2.05) is 36.4 Å². The van der Waals surface area contributed by atoms with Crippen LogP contribution in [0.4, 0.5) is 0 Å². The van der Waals surface area contributed by atoms with Crippen LogP contribution in [0, 0.1) is 6.92 Å². The fraction of sp³-hybridized carbons (Fsp3) is 0.263. The van der Waals surface area contributed by atoms with Gasteiger partial charge in [-0.1, -0.05) is 55.5 Å². The minimum atomic E-state index is -0.422. The first-order chi connectivity index (χ1) is 10.2. The average Bonchev–Trinajstić information content (AvgIpc) is 2.83. The molecule has 2 aromatic carbocycles. The van der Waals surface area contributed by atoms with E-state index in [1.54, 1.807) is 0 Å². The summed E-state index contributed by atoms with van der Waals surface area (Å²) in [6.45, 7) is 4.30. The molecule has 0 saturated heterocycles. The lowest BCUT2D eigenvalue weighted by Crippen LogP contribution is -2.04. The molecule has 0 aliphatic heterocycles. The molecule has 3 aromatic rings. The molecule has 0 saturated carbocycles. The number of hydrogen-bond donors (Lipinski definition) is 2. The molecule has 0 aliphatic carbocycles. The number of benzene rings is 2. The zero-order valence-electron chi connectivity index (χ0n) is 12.5. The van der Waals surface area contributed by atoms with E-state index in [2.05, 4.69) is 37.0 Å². The summed E-state index contributed by atoms with van der Waals surface area (Å²) < 4.78 is 0. The van der Waals surface area contributed by atoms with E-state index in [0.717, 1.165) is 12.0 Å². The van der Waals surface area contributed by atoms with Crippen molar-refractivity contribution in [1.82, 2.24) is 4.98 Å². The molecular weight excluding hydrogens is 258 g/mol. The summed E-state index contributed by atoms with van der Waals surface area (Å²) in [5, 5.41) is 11.7. The lowest BCUT2D eigenvalue weighted by atomic mass is 9.90. The Morgan fingerprint density at radius 2 is 1.67 bits per heavy atom. The molecule has 2 atom stereocenters. The number of aromatic amines is 1. The molecule has 21 heavy (non-hydrogen) atoms. The second kappa shape index (κ2) is 5.74. The molecule has 1 aromatic heterocycles. The first kappa shape index (κ1) is 13.9. The van der Waals surface area contributed by atoms with Gasteiger partial charge in [0.05, 0.1) is 6.10 Å². The van der Waals surface area contributed by atoms with Crippen molar-refractivity contribution in [2.24, 2.45) is 0 Å². The maximum atomic E-state index is 10.4. The molecule has 0 fully saturated rings. The third-order valence-electron chi connectivity index (χ3n) is 4.20. The van der Waals surface area contributed by atoms with Crippen LogP contribution in [0.2, 0.25) is 0 Å². The van der Waals surface area contributed by atoms with Gasteiger partial charge in [-0.05, 0) is 36.5 Å². The number of H-pyrrole nitrogens is 1. The van der Waals surface area contributed by atoms with Gasteiger partial charge in [-0.15, -0.1) is 0 Å². The lowest BCUT2D eigenvalue weighted by Gasteiger charge is -2.17. The van der Waals surface area contributed by atoms with Gasteiger partial charge in [0, 0.05) is 16.6 Å². The van der Waals surface area contributed by atoms with Crippen LogP contribution in [0.5, 0.6) is 0 Å². The Morgan fingerprint density at radius 1 is 1.00 bits per heavy atom. The number of nitrogens with one attached hydrogen (secondary N) is 1. The van der Waals surface area contributed by atoms with Crippen molar-refractivity contribution in [1.29, 1.82) is 0 Å². The zero-order valence-corrected chi connectivity index (χ0v) is 12.5. The summed E-state index contributed by atoms with van der Waals surface area (Å²) in [5.74, 6) is 0.302. The topological polar surface area (TPSA) is 36.0 Å². The van der Waals surface area contributed by atoms with Crippen molar-refractivity contribution in [2.75, 3.05) is 0 Å². The highest BCUT2D eigenvalue weighted by Gasteiger charge is 2.18. The maximum absolute atomic E-state index is 10.4. The SMILES string of the molecule is Cc1[nH]c2ccccc2c1C(C)CC(O)c1ccccc1. The standard InChI is InChI=1S/C19H21NO/c1-13(12-18(21)15-8-4-3-5-9-15)19-14(2)20-17-11-7-6-10-16(17)19/h3-11,13,18,20-21H,12H2,1-2H3. The van der Waals surface area contributed by atoms with Crippen LogP contribution in [0.3, 0.4) is 0 Å². The number of aryl methyl sites for hydroxylation is 1. The predicted molar refractivity (Wildman–Crippen MR) is 87.5 cm³/mol. The van der Waals surface area contributed by atoms with E-state index in [4.69, 9.17) is 0 Å². The first-order valence-corrected chi connectivity index (χ1v) is 7.47. The highest BCUT2D eigenvalue weighted by Crippen LogP contribution is 2.34. The van der Waals surface area contributed by atoms with Gasteiger partial charge in [0.15, 0.2) is 0 Å². The summed E-state index contributed by atoms with van der Waals surface area (Å²) in [4.78, 5) is 3.44. The Labute approximate surface area is 125 Å². The van der Waals surface area contributed by atoms with Gasteiger partial charge in [-0.2, -0.15) is 0 Å². The summed E-state index contributed by atoms with van der Waals surface area (Å²) in [6, 6.07) is 18.3. The monoisotopic (exact) mass is 279 g/mol. The van der Waals surface area contributed by atoms with Gasteiger partial charge in [-0.3, -0.25) is 0 Å². The first-order valence-electron chi connectivity index (χ1n) is 7.47. The molecule has 0 radical (unpaired) electrons. The van der Waals surface area contributed by atoms with Crippen molar-refractivity contribution >= 4 is 10.9 Å². The van der Waals surface area contributed by atoms with E-state index in [1.165, 1.54) is 22.2 Å². The van der Waals surface area contributed by atoms with Crippen LogP contribution >= 0.6 is 0 Å². The van der Waals surface area contributed by atoms with Crippen LogP contribution in [-0.4, -0.2) is 10.1 Å². The summed E-state index contributed by atoms with van der Waals surface area (Å²) in [7, 11) is 0. The summed E-state index contributed by atoms with van der Waals surface area (Å²) in [6.07, 6.45) is 0.307. The van der Waals surface area contributed by atoms with Crippen LogP contribution in [0.1, 0.15) is 42.2 Å². The summed E-state index contributed by atoms with van der Waals surface area (Å²) >= 11 is 0. The minimum Gasteiger partial charge on any atom is -0.388 e. The Kier molecular flexibility index (Phi) is 3.80. The molecule has 2 unspecified atom stereocenters. The second-order valence-corrected chi connectivity index (χ2v) is 5.77. The van der Waals surface area contributed by atoms with E-state index in [9.17, 15) is 5.11 Å². The molecule has 2 heteroatoms. The van der Waals surface area contributed by atoms with Gasteiger partial charge in [0.2, 0.25) is 0 Å². The molecule has 3 rings (SSSR count). The number of fused-ring (bicyclic) bond motifs is 1. The quantitative estimate of drug-likeness (QED) is 0.713. The molecule has 0 spiro atoms. The van der Waals surface area contributed by atoms with Crippen molar-refractivity contribution in [2.45, 2.75) is 32.3 Å². The van der Waals surface area contributed by atoms with Crippen molar-refractivity contribution in [3.63, 3.8) is 0 Å². The second-order valence-electron chi connectivity index (χ2n) is 5.77. The number of rotatable bonds is 4. The van der Waals surface area contributed by atoms with Gasteiger partial charge in [-0.25, -0.2) is 0 Å². The third kappa shape index (κ3) is 2.72. The highest BCUT2D eigenvalue weighted by atomic mass is 16.3. The van der Waals surface area contributed by atoms with Crippen LogP contribution in [0.25, 0.3) is 10.9 Å². The van der Waals surface area contributed by atoms with Crippen LogP contribution < -0.4 is 0 Å². The Hall–Kier alpha value is -2.06. The van der Waals surface area contributed by atoms with E-state index in [-0.39, 0.29) is 0 Å². The molecule has 0 aliphatic rings. The lowest BCUT2D eigenvalue weighted by molar-refractivity contribution is 0.159. The van der Waals surface area contributed by atoms with E-state index in [0.29, 0.717) is 5.92 Å². The van der Waals surface area contributed by atoms with Gasteiger partial charge in [0.1, 0.15) is 0 Å². The van der Waals surface area contributed by atoms with Crippen LogP contribution in [-0.2, 0) is 0 Å². The molecule has 0 bridgehead atoms. The number of aliphatic hydroxyl groups is 1. The van der Waals surface area contributed by atoms with Gasteiger partial charge in [0.25, 0.3) is 0 Å². The summed E-state index contributed by atoms with van der Waals surface area (Å²) in [5.41, 5.74) is 4.68. The zero-order chi connectivity index (χ0) is 14.8. The molecule has 2 nitrogen and oxygen atoms in total.